The predicted octanol–water partition coefficient (Wildman–Crippen LogP) is 1.52. The highest BCUT2D eigenvalue weighted by Crippen LogP contribution is 2.29. The monoisotopic (exact) mass is 320 g/mol. The van der Waals surface area contributed by atoms with Crippen molar-refractivity contribution in [3.8, 4) is 0 Å². The summed E-state index contributed by atoms with van der Waals surface area (Å²) in [6.07, 6.45) is 1.24. The summed E-state index contributed by atoms with van der Waals surface area (Å²) in [5.74, 6) is -1.21. The van der Waals surface area contributed by atoms with E-state index >= 15 is 0 Å². The standard InChI is InChI=1S/C12H17FN2O5S/c1-2-3-7-14(8-9-16)21(19,20)11-6-4-5-10(13)12(11)15(17)18/h4-6,16H,2-3,7-9H2,1H3. The minimum absolute atomic E-state index is 0.104. The molecule has 0 amide bonds. The van der Waals surface area contributed by atoms with E-state index in [4.69, 9.17) is 5.11 Å². The second-order valence-corrected chi connectivity index (χ2v) is 6.23. The van der Waals surface area contributed by atoms with Gasteiger partial charge in [-0.1, -0.05) is 19.4 Å². The largest absolute Gasteiger partial charge is 0.395 e. The third-order valence-electron chi connectivity index (χ3n) is 2.86. The number of para-hydroxylation sites is 1. The molecule has 9 heteroatoms. The Bertz CT molecular complexity index is 606. The van der Waals surface area contributed by atoms with E-state index < -0.39 is 38.0 Å². The SMILES string of the molecule is CCCCN(CCO)S(=O)(=O)c1cccc(F)c1[N+](=O)[O-]. The lowest BCUT2D eigenvalue weighted by molar-refractivity contribution is -0.390. The zero-order valence-corrected chi connectivity index (χ0v) is 12.3. The first kappa shape index (κ1) is 17.5. The molecule has 0 saturated heterocycles. The number of halogens is 1. The van der Waals surface area contributed by atoms with Crippen molar-refractivity contribution in [2.45, 2.75) is 24.7 Å². The van der Waals surface area contributed by atoms with Crippen LogP contribution in [0, 0.1) is 15.9 Å². The number of hydrogen-bond donors (Lipinski definition) is 1. The van der Waals surface area contributed by atoms with Crippen LogP contribution in [0.4, 0.5) is 10.1 Å². The number of nitro benzene ring substituents is 1. The van der Waals surface area contributed by atoms with Crippen molar-refractivity contribution in [3.63, 3.8) is 0 Å². The molecule has 0 aromatic heterocycles. The zero-order valence-electron chi connectivity index (χ0n) is 11.5. The number of benzene rings is 1. The van der Waals surface area contributed by atoms with Gasteiger partial charge in [0.15, 0.2) is 4.90 Å². The van der Waals surface area contributed by atoms with Gasteiger partial charge in [-0.25, -0.2) is 8.42 Å². The van der Waals surface area contributed by atoms with Crippen molar-refractivity contribution in [2.24, 2.45) is 0 Å². The Hall–Kier alpha value is -1.58. The molecule has 0 heterocycles. The summed E-state index contributed by atoms with van der Waals surface area (Å²) < 4.78 is 39.4. The third kappa shape index (κ3) is 3.96. The fraction of sp³-hybridized carbons (Fsp3) is 0.500. The van der Waals surface area contributed by atoms with E-state index in [0.717, 1.165) is 22.5 Å². The molecule has 0 saturated carbocycles. The van der Waals surface area contributed by atoms with Crippen LogP contribution in [-0.4, -0.2) is 42.4 Å². The minimum Gasteiger partial charge on any atom is -0.395 e. The molecule has 7 nitrogen and oxygen atoms in total. The average molecular weight is 320 g/mol. The molecule has 0 atom stereocenters. The topological polar surface area (TPSA) is 101 Å². The van der Waals surface area contributed by atoms with Gasteiger partial charge in [0.05, 0.1) is 11.5 Å². The first-order chi connectivity index (χ1) is 9.86. The van der Waals surface area contributed by atoms with Crippen LogP contribution in [0.25, 0.3) is 0 Å². The van der Waals surface area contributed by atoms with Gasteiger partial charge in [0.25, 0.3) is 0 Å². The lowest BCUT2D eigenvalue weighted by atomic mass is 10.3. The predicted molar refractivity (Wildman–Crippen MR) is 73.8 cm³/mol. The summed E-state index contributed by atoms with van der Waals surface area (Å²) in [6.45, 7) is 1.34. The highest BCUT2D eigenvalue weighted by molar-refractivity contribution is 7.89. The molecule has 1 aromatic rings. The summed E-state index contributed by atoms with van der Waals surface area (Å²) in [7, 11) is -4.24. The Balaban J connectivity index is 3.34. The number of aliphatic hydroxyl groups excluding tert-OH is 1. The maximum atomic E-state index is 13.6. The minimum atomic E-state index is -4.24. The fourth-order valence-corrected chi connectivity index (χ4v) is 3.45. The van der Waals surface area contributed by atoms with Crippen molar-refractivity contribution >= 4 is 15.7 Å². The second kappa shape index (κ2) is 7.43. The van der Waals surface area contributed by atoms with Crippen LogP contribution in [0.3, 0.4) is 0 Å². The molecular weight excluding hydrogens is 303 g/mol. The molecule has 0 fully saturated rings. The van der Waals surface area contributed by atoms with Gasteiger partial charge in [0.1, 0.15) is 0 Å². The van der Waals surface area contributed by atoms with E-state index in [1.807, 2.05) is 6.92 Å². The van der Waals surface area contributed by atoms with Gasteiger partial charge in [-0.15, -0.1) is 0 Å². The maximum absolute atomic E-state index is 13.6. The van der Waals surface area contributed by atoms with Gasteiger partial charge in [0, 0.05) is 13.1 Å². The molecular formula is C12H17FN2O5S. The van der Waals surface area contributed by atoms with E-state index in [-0.39, 0.29) is 13.1 Å². The summed E-state index contributed by atoms with van der Waals surface area (Å²) in [4.78, 5) is 9.16. The Morgan fingerprint density at radius 3 is 2.57 bits per heavy atom. The molecule has 0 aliphatic rings. The van der Waals surface area contributed by atoms with Gasteiger partial charge < -0.3 is 5.11 Å². The smallest absolute Gasteiger partial charge is 0.324 e. The summed E-state index contributed by atoms with van der Waals surface area (Å²) in [5.41, 5.74) is -1.07. The second-order valence-electron chi connectivity index (χ2n) is 4.32. The van der Waals surface area contributed by atoms with Crippen LogP contribution in [0.15, 0.2) is 23.1 Å². The number of sulfonamides is 1. The van der Waals surface area contributed by atoms with Crippen LogP contribution in [-0.2, 0) is 10.0 Å². The van der Waals surface area contributed by atoms with Gasteiger partial charge in [0.2, 0.25) is 15.8 Å². The highest BCUT2D eigenvalue weighted by atomic mass is 32.2. The summed E-state index contributed by atoms with van der Waals surface area (Å²) in [6, 6.07) is 2.93. The van der Waals surface area contributed by atoms with Crippen molar-refractivity contribution < 1.29 is 22.8 Å². The first-order valence-corrected chi connectivity index (χ1v) is 7.84. The number of unbranched alkanes of at least 4 members (excludes halogenated alkanes) is 1. The fourth-order valence-electron chi connectivity index (χ4n) is 1.82. The van der Waals surface area contributed by atoms with Gasteiger partial charge in [-0.05, 0) is 18.6 Å². The Morgan fingerprint density at radius 2 is 2.05 bits per heavy atom. The normalized spacial score (nSPS) is 11.8. The molecule has 0 spiro atoms. The Labute approximate surface area is 122 Å². The van der Waals surface area contributed by atoms with Gasteiger partial charge in [-0.2, -0.15) is 8.70 Å². The molecule has 1 rings (SSSR count). The van der Waals surface area contributed by atoms with Crippen molar-refractivity contribution in [1.29, 1.82) is 0 Å². The van der Waals surface area contributed by atoms with Gasteiger partial charge in [-0.3, -0.25) is 10.1 Å². The van der Waals surface area contributed by atoms with Crippen LogP contribution in [0.2, 0.25) is 0 Å². The third-order valence-corrected chi connectivity index (χ3v) is 4.79. The van der Waals surface area contributed by atoms with Crippen LogP contribution < -0.4 is 0 Å². The highest BCUT2D eigenvalue weighted by Gasteiger charge is 2.33. The summed E-state index contributed by atoms with van der Waals surface area (Å²) in [5, 5.41) is 19.9. The van der Waals surface area contributed by atoms with E-state index in [2.05, 4.69) is 0 Å². The molecule has 0 aliphatic heterocycles. The van der Waals surface area contributed by atoms with Crippen LogP contribution >= 0.6 is 0 Å². The number of nitrogens with zero attached hydrogens (tertiary/aromatic N) is 2. The van der Waals surface area contributed by atoms with Crippen LogP contribution in [0.1, 0.15) is 19.8 Å². The number of nitro groups is 1. The molecule has 0 radical (unpaired) electrons. The summed E-state index contributed by atoms with van der Waals surface area (Å²) >= 11 is 0. The number of rotatable bonds is 8. The Morgan fingerprint density at radius 1 is 1.38 bits per heavy atom. The number of aliphatic hydroxyl groups is 1. The molecule has 0 bridgehead atoms. The van der Waals surface area contributed by atoms with Gasteiger partial charge >= 0.3 is 5.69 Å². The van der Waals surface area contributed by atoms with E-state index in [9.17, 15) is 22.9 Å². The van der Waals surface area contributed by atoms with Crippen molar-refractivity contribution in [3.05, 3.63) is 34.1 Å². The quantitative estimate of drug-likeness (QED) is 0.578. The average Bonchev–Trinajstić information content (AvgIpc) is 2.42. The Kier molecular flexibility index (Phi) is 6.19. The molecule has 0 aliphatic carbocycles. The van der Waals surface area contributed by atoms with E-state index in [1.54, 1.807) is 0 Å². The van der Waals surface area contributed by atoms with E-state index in [0.29, 0.717) is 12.8 Å². The molecule has 21 heavy (non-hydrogen) atoms. The molecule has 0 unspecified atom stereocenters. The van der Waals surface area contributed by atoms with Crippen molar-refractivity contribution in [1.82, 2.24) is 4.31 Å². The zero-order chi connectivity index (χ0) is 16.0. The van der Waals surface area contributed by atoms with Crippen molar-refractivity contribution in [2.75, 3.05) is 19.7 Å². The lowest BCUT2D eigenvalue weighted by Gasteiger charge is -2.20. The molecule has 1 aromatic carbocycles. The maximum Gasteiger partial charge on any atom is 0.324 e. The van der Waals surface area contributed by atoms with Crippen LogP contribution in [0.5, 0.6) is 0 Å². The molecule has 1 N–H and O–H groups in total. The lowest BCUT2D eigenvalue weighted by Crippen LogP contribution is -2.35. The number of hydrogen-bond acceptors (Lipinski definition) is 5. The van der Waals surface area contributed by atoms with E-state index in [1.165, 1.54) is 0 Å². The molecule has 118 valence electrons. The first-order valence-electron chi connectivity index (χ1n) is 6.40.